The summed E-state index contributed by atoms with van der Waals surface area (Å²) in [6, 6.07) is 18.0. The zero-order chi connectivity index (χ0) is 18.6. The molecule has 0 aliphatic carbocycles. The summed E-state index contributed by atoms with van der Waals surface area (Å²) in [5, 5.41) is 1.06. The van der Waals surface area contributed by atoms with Gasteiger partial charge in [0.05, 0.1) is 19.8 Å². The number of methoxy groups -OCH3 is 1. The number of rotatable bonds is 5. The lowest BCUT2D eigenvalue weighted by Crippen LogP contribution is -2.43. The van der Waals surface area contributed by atoms with Crippen molar-refractivity contribution in [3.8, 4) is 5.75 Å². The standard InChI is InChI=1S/C22H24N2O3/c1-26-19-7-4-5-16(11-19)12-20-15-24(9-10-27-20)14-18-13-17-6-2-3-8-21(17)23-22(18)25/h2-8,11,13,20H,9-10,12,14-15H2,1H3,(H,23,25)/t20-/m1/s1. The van der Waals surface area contributed by atoms with Gasteiger partial charge >= 0.3 is 0 Å². The average molecular weight is 364 g/mol. The second-order valence-electron chi connectivity index (χ2n) is 6.99. The Bertz CT molecular complexity index is 982. The van der Waals surface area contributed by atoms with Crippen LogP contribution in [0.4, 0.5) is 0 Å². The Morgan fingerprint density at radius 1 is 1.19 bits per heavy atom. The molecule has 1 aromatic heterocycles. The molecule has 1 aliphatic heterocycles. The average Bonchev–Trinajstić information content (AvgIpc) is 2.69. The van der Waals surface area contributed by atoms with E-state index in [-0.39, 0.29) is 11.7 Å². The van der Waals surface area contributed by atoms with Crippen molar-refractivity contribution in [2.24, 2.45) is 0 Å². The molecule has 2 heterocycles. The Balaban J connectivity index is 1.45. The molecule has 0 amide bonds. The first-order valence-corrected chi connectivity index (χ1v) is 9.29. The number of aromatic nitrogens is 1. The van der Waals surface area contributed by atoms with Crippen LogP contribution in [-0.2, 0) is 17.7 Å². The van der Waals surface area contributed by atoms with Gasteiger partial charge in [-0.25, -0.2) is 0 Å². The van der Waals surface area contributed by atoms with E-state index in [1.165, 1.54) is 5.56 Å². The molecule has 5 nitrogen and oxygen atoms in total. The monoisotopic (exact) mass is 364 g/mol. The third-order valence-corrected chi connectivity index (χ3v) is 5.04. The lowest BCUT2D eigenvalue weighted by atomic mass is 10.1. The number of aromatic amines is 1. The maximum atomic E-state index is 12.4. The highest BCUT2D eigenvalue weighted by molar-refractivity contribution is 5.78. The molecular formula is C22H24N2O3. The van der Waals surface area contributed by atoms with Crippen LogP contribution < -0.4 is 10.3 Å². The van der Waals surface area contributed by atoms with Crippen molar-refractivity contribution in [3.05, 3.63) is 76.1 Å². The lowest BCUT2D eigenvalue weighted by Gasteiger charge is -2.33. The molecule has 4 rings (SSSR count). The highest BCUT2D eigenvalue weighted by Crippen LogP contribution is 2.18. The van der Waals surface area contributed by atoms with Crippen LogP contribution in [0.2, 0.25) is 0 Å². The molecule has 1 aliphatic rings. The SMILES string of the molecule is COc1cccc(C[C@@H]2CN(Cc3cc4ccccc4[nH]c3=O)CCO2)c1. The van der Waals surface area contributed by atoms with E-state index >= 15 is 0 Å². The van der Waals surface area contributed by atoms with Crippen molar-refractivity contribution in [2.75, 3.05) is 26.8 Å². The van der Waals surface area contributed by atoms with Gasteiger partial charge in [0, 0.05) is 37.1 Å². The van der Waals surface area contributed by atoms with Gasteiger partial charge in [-0.3, -0.25) is 9.69 Å². The van der Waals surface area contributed by atoms with E-state index in [0.29, 0.717) is 13.2 Å². The summed E-state index contributed by atoms with van der Waals surface area (Å²) in [6.07, 6.45) is 0.951. The Kier molecular flexibility index (Phi) is 5.23. The third kappa shape index (κ3) is 4.21. The fraction of sp³-hybridized carbons (Fsp3) is 0.318. The molecule has 1 N–H and O–H groups in total. The maximum Gasteiger partial charge on any atom is 0.252 e. The second kappa shape index (κ2) is 7.94. The summed E-state index contributed by atoms with van der Waals surface area (Å²) in [4.78, 5) is 17.7. The lowest BCUT2D eigenvalue weighted by molar-refractivity contribution is -0.0306. The highest BCUT2D eigenvalue weighted by atomic mass is 16.5. The number of benzene rings is 2. The van der Waals surface area contributed by atoms with Gasteiger partial charge in [-0.05, 0) is 35.2 Å². The van der Waals surface area contributed by atoms with Crippen LogP contribution in [0.1, 0.15) is 11.1 Å². The van der Waals surface area contributed by atoms with Gasteiger partial charge in [0.1, 0.15) is 5.75 Å². The van der Waals surface area contributed by atoms with Gasteiger partial charge < -0.3 is 14.5 Å². The number of H-pyrrole nitrogens is 1. The molecule has 27 heavy (non-hydrogen) atoms. The number of fused-ring (bicyclic) bond motifs is 1. The number of ether oxygens (including phenoxy) is 2. The van der Waals surface area contributed by atoms with E-state index in [1.54, 1.807) is 7.11 Å². The minimum atomic E-state index is -0.00969. The van der Waals surface area contributed by atoms with Crippen LogP contribution in [0, 0.1) is 0 Å². The van der Waals surface area contributed by atoms with E-state index in [2.05, 4.69) is 22.0 Å². The zero-order valence-electron chi connectivity index (χ0n) is 15.5. The molecule has 2 aromatic carbocycles. The summed E-state index contributed by atoms with van der Waals surface area (Å²) in [7, 11) is 1.68. The van der Waals surface area contributed by atoms with E-state index in [1.807, 2.05) is 42.5 Å². The molecule has 1 atom stereocenters. The number of hydrogen-bond acceptors (Lipinski definition) is 4. The maximum absolute atomic E-state index is 12.4. The normalized spacial score (nSPS) is 17.9. The van der Waals surface area contributed by atoms with E-state index < -0.39 is 0 Å². The largest absolute Gasteiger partial charge is 0.497 e. The number of pyridine rings is 1. The molecule has 0 radical (unpaired) electrons. The van der Waals surface area contributed by atoms with Crippen molar-refractivity contribution in [1.82, 2.24) is 9.88 Å². The highest BCUT2D eigenvalue weighted by Gasteiger charge is 2.22. The van der Waals surface area contributed by atoms with E-state index in [4.69, 9.17) is 9.47 Å². The molecule has 0 spiro atoms. The smallest absolute Gasteiger partial charge is 0.252 e. The van der Waals surface area contributed by atoms with Crippen LogP contribution >= 0.6 is 0 Å². The van der Waals surface area contributed by atoms with Crippen LogP contribution in [0.3, 0.4) is 0 Å². The Morgan fingerprint density at radius 2 is 2.07 bits per heavy atom. The topological polar surface area (TPSA) is 54.6 Å². The quantitative estimate of drug-likeness (QED) is 0.756. The van der Waals surface area contributed by atoms with Crippen LogP contribution in [0.25, 0.3) is 10.9 Å². The Labute approximate surface area is 158 Å². The summed E-state index contributed by atoms with van der Waals surface area (Å²) in [5.41, 5.74) is 2.87. The van der Waals surface area contributed by atoms with E-state index in [0.717, 1.165) is 41.7 Å². The van der Waals surface area contributed by atoms with Crippen molar-refractivity contribution in [3.63, 3.8) is 0 Å². The first-order valence-electron chi connectivity index (χ1n) is 9.29. The summed E-state index contributed by atoms with van der Waals surface area (Å²) in [5.74, 6) is 0.864. The minimum Gasteiger partial charge on any atom is -0.497 e. The Hall–Kier alpha value is -2.63. The van der Waals surface area contributed by atoms with E-state index in [9.17, 15) is 4.79 Å². The predicted molar refractivity (Wildman–Crippen MR) is 106 cm³/mol. The number of nitrogens with zero attached hydrogens (tertiary/aromatic N) is 1. The number of para-hydroxylation sites is 1. The van der Waals surface area contributed by atoms with Gasteiger partial charge in [0.25, 0.3) is 5.56 Å². The molecule has 5 heteroatoms. The molecule has 1 fully saturated rings. The summed E-state index contributed by atoms with van der Waals surface area (Å²) < 4.78 is 11.3. The Morgan fingerprint density at radius 3 is 2.96 bits per heavy atom. The first-order chi connectivity index (χ1) is 13.2. The minimum absolute atomic E-state index is 0.00969. The third-order valence-electron chi connectivity index (χ3n) is 5.04. The molecule has 0 bridgehead atoms. The van der Waals surface area contributed by atoms with Crippen LogP contribution in [0.15, 0.2) is 59.4 Å². The first kappa shape index (κ1) is 17.8. The summed E-state index contributed by atoms with van der Waals surface area (Å²) in [6.45, 7) is 2.96. The van der Waals surface area contributed by atoms with Gasteiger partial charge in [-0.15, -0.1) is 0 Å². The van der Waals surface area contributed by atoms with Crippen molar-refractivity contribution >= 4 is 10.9 Å². The molecular weight excluding hydrogens is 340 g/mol. The van der Waals surface area contributed by atoms with Crippen LogP contribution in [-0.4, -0.2) is 42.8 Å². The van der Waals surface area contributed by atoms with Crippen molar-refractivity contribution < 1.29 is 9.47 Å². The number of hydrogen-bond donors (Lipinski definition) is 1. The number of nitrogens with one attached hydrogen (secondary N) is 1. The van der Waals surface area contributed by atoms with Crippen molar-refractivity contribution in [2.45, 2.75) is 19.1 Å². The van der Waals surface area contributed by atoms with Gasteiger partial charge in [0.15, 0.2) is 0 Å². The van der Waals surface area contributed by atoms with Gasteiger partial charge in [-0.2, -0.15) is 0 Å². The number of morpholine rings is 1. The van der Waals surface area contributed by atoms with Crippen LogP contribution in [0.5, 0.6) is 5.75 Å². The second-order valence-corrected chi connectivity index (χ2v) is 6.99. The molecule has 0 unspecified atom stereocenters. The fourth-order valence-corrected chi connectivity index (χ4v) is 3.66. The molecule has 0 saturated carbocycles. The van der Waals surface area contributed by atoms with Gasteiger partial charge in [-0.1, -0.05) is 30.3 Å². The molecule has 1 saturated heterocycles. The summed E-state index contributed by atoms with van der Waals surface area (Å²) >= 11 is 0. The zero-order valence-corrected chi connectivity index (χ0v) is 15.5. The fourth-order valence-electron chi connectivity index (χ4n) is 3.66. The molecule has 3 aromatic rings. The predicted octanol–water partition coefficient (Wildman–Crippen LogP) is 2.98. The molecule has 140 valence electrons. The van der Waals surface area contributed by atoms with Crippen molar-refractivity contribution in [1.29, 1.82) is 0 Å². The van der Waals surface area contributed by atoms with Gasteiger partial charge in [0.2, 0.25) is 0 Å².